The lowest BCUT2D eigenvalue weighted by molar-refractivity contribution is 0.0606. The molecule has 2 aromatic heterocycles. The molecule has 0 saturated heterocycles. The summed E-state index contributed by atoms with van der Waals surface area (Å²) < 4.78 is 12.5. The zero-order valence-electron chi connectivity index (χ0n) is 15.2. The van der Waals surface area contributed by atoms with E-state index in [1.54, 1.807) is 6.07 Å². The van der Waals surface area contributed by atoms with Crippen molar-refractivity contribution in [1.29, 1.82) is 0 Å². The van der Waals surface area contributed by atoms with E-state index in [9.17, 15) is 4.79 Å². The zero-order valence-corrected chi connectivity index (χ0v) is 16.1. The second kappa shape index (κ2) is 8.10. The van der Waals surface area contributed by atoms with Gasteiger partial charge in [-0.1, -0.05) is 30.3 Å². The van der Waals surface area contributed by atoms with Gasteiger partial charge < -0.3 is 9.47 Å². The zero-order chi connectivity index (χ0) is 19.3. The summed E-state index contributed by atoms with van der Waals surface area (Å²) in [6, 6.07) is 23.2. The van der Waals surface area contributed by atoms with Gasteiger partial charge in [-0.25, -0.2) is 4.79 Å². The molecule has 2 aromatic carbocycles. The lowest BCUT2D eigenvalue weighted by Gasteiger charge is -2.08. The van der Waals surface area contributed by atoms with E-state index in [-0.39, 0.29) is 5.97 Å². The average molecular weight is 390 g/mol. The Kier molecular flexibility index (Phi) is 5.21. The summed E-state index contributed by atoms with van der Waals surface area (Å²) in [5.41, 5.74) is 1.92. The summed E-state index contributed by atoms with van der Waals surface area (Å²) in [5.74, 6) is 1.27. The Morgan fingerprint density at radius 1 is 1.00 bits per heavy atom. The molecule has 0 atom stereocenters. The van der Waals surface area contributed by atoms with Crippen molar-refractivity contribution < 1.29 is 14.3 Å². The maximum atomic E-state index is 11.6. The molecule has 140 valence electrons. The van der Waals surface area contributed by atoms with E-state index < -0.39 is 0 Å². The molecule has 0 N–H and O–H groups in total. The standard InChI is InChI=1S/C22H18N2O3S/c1-26-22(25)21-11-10-20(28-21)19-12-13-24(23-19)15-16-6-5-9-18(14-16)27-17-7-3-2-4-8-17/h2-14H,15H2,1H3. The molecule has 0 saturated carbocycles. The topological polar surface area (TPSA) is 53.4 Å². The van der Waals surface area contributed by atoms with Crippen molar-refractivity contribution in [3.8, 4) is 22.1 Å². The number of hydrogen-bond donors (Lipinski definition) is 0. The number of carbonyl (C=O) groups is 1. The number of carbonyl (C=O) groups excluding carboxylic acids is 1. The van der Waals surface area contributed by atoms with Crippen LogP contribution in [-0.4, -0.2) is 22.9 Å². The van der Waals surface area contributed by atoms with Crippen LogP contribution in [0.1, 0.15) is 15.2 Å². The first-order valence-corrected chi connectivity index (χ1v) is 9.57. The van der Waals surface area contributed by atoms with Gasteiger partial charge in [0.2, 0.25) is 0 Å². The van der Waals surface area contributed by atoms with E-state index in [2.05, 4.69) is 5.10 Å². The molecule has 0 amide bonds. The first kappa shape index (κ1) is 18.0. The van der Waals surface area contributed by atoms with Gasteiger partial charge >= 0.3 is 5.97 Å². The van der Waals surface area contributed by atoms with Crippen LogP contribution in [0.5, 0.6) is 11.5 Å². The Labute approximate surface area is 166 Å². The van der Waals surface area contributed by atoms with Crippen LogP contribution in [0.25, 0.3) is 10.6 Å². The second-order valence-corrected chi connectivity index (χ2v) is 7.20. The molecule has 4 rings (SSSR count). The molecule has 0 spiro atoms. The predicted molar refractivity (Wildman–Crippen MR) is 109 cm³/mol. The van der Waals surface area contributed by atoms with Gasteiger partial charge in [-0.15, -0.1) is 11.3 Å². The van der Waals surface area contributed by atoms with Crippen LogP contribution < -0.4 is 4.74 Å². The number of hydrogen-bond acceptors (Lipinski definition) is 5. The number of para-hydroxylation sites is 1. The minimum atomic E-state index is -0.328. The van der Waals surface area contributed by atoms with Gasteiger partial charge in [-0.05, 0) is 48.0 Å². The molecule has 0 aliphatic carbocycles. The highest BCUT2D eigenvalue weighted by atomic mass is 32.1. The van der Waals surface area contributed by atoms with Crippen molar-refractivity contribution in [3.05, 3.63) is 89.4 Å². The monoisotopic (exact) mass is 390 g/mol. The maximum Gasteiger partial charge on any atom is 0.348 e. The quantitative estimate of drug-likeness (QED) is 0.423. The highest BCUT2D eigenvalue weighted by Crippen LogP contribution is 2.27. The molecular formula is C22H18N2O3S. The molecule has 6 heteroatoms. The maximum absolute atomic E-state index is 11.6. The van der Waals surface area contributed by atoms with Gasteiger partial charge in [0.1, 0.15) is 22.1 Å². The predicted octanol–water partition coefficient (Wildman–Crippen LogP) is 5.24. The van der Waals surface area contributed by atoms with Crippen LogP contribution in [0.3, 0.4) is 0 Å². The summed E-state index contributed by atoms with van der Waals surface area (Å²) in [6.45, 7) is 0.626. The number of nitrogens with zero attached hydrogens (tertiary/aromatic N) is 2. The Balaban J connectivity index is 1.47. The van der Waals surface area contributed by atoms with Gasteiger partial charge in [0.15, 0.2) is 0 Å². The van der Waals surface area contributed by atoms with Crippen LogP contribution in [0.4, 0.5) is 0 Å². The number of esters is 1. The number of thiophene rings is 1. The van der Waals surface area contributed by atoms with Crippen molar-refractivity contribution in [2.24, 2.45) is 0 Å². The van der Waals surface area contributed by atoms with E-state index in [4.69, 9.17) is 9.47 Å². The van der Waals surface area contributed by atoms with Gasteiger partial charge in [0.25, 0.3) is 0 Å². The third-order valence-electron chi connectivity index (χ3n) is 4.11. The van der Waals surface area contributed by atoms with E-state index in [0.29, 0.717) is 11.4 Å². The minimum absolute atomic E-state index is 0.328. The smallest absolute Gasteiger partial charge is 0.348 e. The second-order valence-electron chi connectivity index (χ2n) is 6.12. The molecule has 0 fully saturated rings. The SMILES string of the molecule is COC(=O)c1ccc(-c2ccn(Cc3cccc(Oc4ccccc4)c3)n2)s1. The summed E-state index contributed by atoms with van der Waals surface area (Å²) in [7, 11) is 1.38. The van der Waals surface area contributed by atoms with Gasteiger partial charge in [-0.2, -0.15) is 5.10 Å². The Bertz CT molecular complexity index is 1090. The fraction of sp³-hybridized carbons (Fsp3) is 0.0909. The molecule has 0 aliphatic heterocycles. The molecule has 4 aromatic rings. The number of ether oxygens (including phenoxy) is 2. The molecular weight excluding hydrogens is 372 g/mol. The lowest BCUT2D eigenvalue weighted by Crippen LogP contribution is -2.00. The van der Waals surface area contributed by atoms with E-state index in [1.807, 2.05) is 77.6 Å². The first-order chi connectivity index (χ1) is 13.7. The number of rotatable bonds is 6. The molecule has 2 heterocycles. The van der Waals surface area contributed by atoms with Crippen molar-refractivity contribution in [3.63, 3.8) is 0 Å². The van der Waals surface area contributed by atoms with Gasteiger partial charge in [-0.3, -0.25) is 4.68 Å². The lowest BCUT2D eigenvalue weighted by atomic mass is 10.2. The normalized spacial score (nSPS) is 10.6. The Hall–Kier alpha value is -3.38. The summed E-state index contributed by atoms with van der Waals surface area (Å²) in [5, 5.41) is 4.62. The number of methoxy groups -OCH3 is 1. The van der Waals surface area contributed by atoms with Crippen molar-refractivity contribution in [1.82, 2.24) is 9.78 Å². The van der Waals surface area contributed by atoms with Gasteiger partial charge in [0.05, 0.1) is 18.5 Å². The minimum Gasteiger partial charge on any atom is -0.465 e. The summed E-state index contributed by atoms with van der Waals surface area (Å²) in [4.78, 5) is 13.1. The van der Waals surface area contributed by atoms with Crippen molar-refractivity contribution in [2.45, 2.75) is 6.54 Å². The van der Waals surface area contributed by atoms with Crippen molar-refractivity contribution >= 4 is 17.3 Å². The van der Waals surface area contributed by atoms with Crippen LogP contribution in [0.2, 0.25) is 0 Å². The molecule has 5 nitrogen and oxygen atoms in total. The Morgan fingerprint density at radius 2 is 1.82 bits per heavy atom. The highest BCUT2D eigenvalue weighted by Gasteiger charge is 2.12. The Morgan fingerprint density at radius 3 is 2.64 bits per heavy atom. The van der Waals surface area contributed by atoms with Crippen LogP contribution >= 0.6 is 11.3 Å². The first-order valence-electron chi connectivity index (χ1n) is 8.75. The molecule has 0 unspecified atom stereocenters. The third-order valence-corrected chi connectivity index (χ3v) is 5.20. The largest absolute Gasteiger partial charge is 0.465 e. The number of aromatic nitrogens is 2. The molecule has 0 aliphatic rings. The summed E-state index contributed by atoms with van der Waals surface area (Å²) in [6.07, 6.45) is 1.93. The fourth-order valence-corrected chi connectivity index (χ4v) is 3.68. The molecule has 28 heavy (non-hydrogen) atoms. The van der Waals surface area contributed by atoms with E-state index in [0.717, 1.165) is 27.6 Å². The van der Waals surface area contributed by atoms with Crippen LogP contribution in [-0.2, 0) is 11.3 Å². The number of benzene rings is 2. The molecule has 0 radical (unpaired) electrons. The highest BCUT2D eigenvalue weighted by molar-refractivity contribution is 7.17. The molecule has 0 bridgehead atoms. The van der Waals surface area contributed by atoms with E-state index >= 15 is 0 Å². The van der Waals surface area contributed by atoms with Crippen molar-refractivity contribution in [2.75, 3.05) is 7.11 Å². The van der Waals surface area contributed by atoms with Crippen LogP contribution in [0, 0.1) is 0 Å². The van der Waals surface area contributed by atoms with Crippen LogP contribution in [0.15, 0.2) is 79.0 Å². The third kappa shape index (κ3) is 4.13. The fourth-order valence-electron chi connectivity index (χ4n) is 2.79. The van der Waals surface area contributed by atoms with Gasteiger partial charge in [0, 0.05) is 6.20 Å². The van der Waals surface area contributed by atoms with E-state index in [1.165, 1.54) is 18.4 Å². The average Bonchev–Trinajstić information content (AvgIpc) is 3.38. The summed E-state index contributed by atoms with van der Waals surface area (Å²) >= 11 is 1.37.